The Hall–Kier alpha value is -1.14. The Bertz CT molecular complexity index is 311. The minimum atomic E-state index is -0.558. The smallest absolute Gasteiger partial charge is 0.324 e. The summed E-state index contributed by atoms with van der Waals surface area (Å²) in [5.41, 5.74) is -0.528. The van der Waals surface area contributed by atoms with Gasteiger partial charge in [-0.1, -0.05) is 0 Å². The monoisotopic (exact) mass is 244 g/mol. The van der Waals surface area contributed by atoms with E-state index in [0.717, 1.165) is 0 Å². The van der Waals surface area contributed by atoms with E-state index in [0.29, 0.717) is 13.0 Å². The van der Waals surface area contributed by atoms with Gasteiger partial charge < -0.3 is 9.47 Å². The molecular weight excluding hydrogens is 224 g/mol. The zero-order valence-electron chi connectivity index (χ0n) is 10.7. The highest BCUT2D eigenvalue weighted by Gasteiger charge is 2.40. The number of carbonyl (C=O) groups is 2. The second-order valence-corrected chi connectivity index (χ2v) is 5.20. The van der Waals surface area contributed by atoms with Crippen LogP contribution in [0, 0.1) is 5.92 Å². The number of hydrogen-bond acceptors (Lipinski definition) is 6. The molecule has 98 valence electrons. The summed E-state index contributed by atoms with van der Waals surface area (Å²) in [6.07, 6.45) is 0.345. The average Bonchev–Trinajstić information content (AvgIpc) is 2.57. The molecular formula is C11H20N2O4. The lowest BCUT2D eigenvalue weighted by atomic mass is 10.1. The van der Waals surface area contributed by atoms with Crippen LogP contribution in [0.3, 0.4) is 0 Å². The van der Waals surface area contributed by atoms with Crippen molar-refractivity contribution in [3.05, 3.63) is 0 Å². The summed E-state index contributed by atoms with van der Waals surface area (Å²) in [5.74, 6) is 4.56. The molecule has 1 heterocycles. The van der Waals surface area contributed by atoms with Crippen LogP contribution in [-0.2, 0) is 19.1 Å². The van der Waals surface area contributed by atoms with Gasteiger partial charge >= 0.3 is 11.9 Å². The van der Waals surface area contributed by atoms with Gasteiger partial charge in [-0.2, -0.15) is 0 Å². The molecule has 0 aromatic carbocycles. The molecule has 1 rings (SSSR count). The average molecular weight is 244 g/mol. The highest BCUT2D eigenvalue weighted by Crippen LogP contribution is 2.24. The second-order valence-electron chi connectivity index (χ2n) is 5.20. The third kappa shape index (κ3) is 3.67. The summed E-state index contributed by atoms with van der Waals surface area (Å²) in [5, 5.41) is 1.33. The molecule has 1 saturated heterocycles. The maximum absolute atomic E-state index is 11.8. The SMILES string of the molecule is COC(=O)[C@H]1C[C@@H](C(=O)OC(C)(C)C)CN1N. The molecule has 1 aliphatic rings. The molecule has 6 nitrogen and oxygen atoms in total. The second kappa shape index (κ2) is 5.01. The van der Waals surface area contributed by atoms with Crippen LogP contribution in [0.15, 0.2) is 0 Å². The molecule has 0 aromatic heterocycles. The van der Waals surface area contributed by atoms with Crippen molar-refractivity contribution >= 4 is 11.9 Å². The summed E-state index contributed by atoms with van der Waals surface area (Å²) in [4.78, 5) is 23.2. The Morgan fingerprint density at radius 3 is 2.35 bits per heavy atom. The number of carbonyl (C=O) groups excluding carboxylic acids is 2. The summed E-state index contributed by atoms with van der Waals surface area (Å²) in [6, 6.07) is -0.558. The maximum Gasteiger partial charge on any atom is 0.324 e. The van der Waals surface area contributed by atoms with Gasteiger partial charge in [0.05, 0.1) is 13.0 Å². The van der Waals surface area contributed by atoms with Crippen LogP contribution in [0.2, 0.25) is 0 Å². The summed E-state index contributed by atoms with van der Waals surface area (Å²) >= 11 is 0. The van der Waals surface area contributed by atoms with Crippen LogP contribution in [0.4, 0.5) is 0 Å². The van der Waals surface area contributed by atoms with Crippen LogP contribution in [0.1, 0.15) is 27.2 Å². The lowest BCUT2D eigenvalue weighted by molar-refractivity contribution is -0.159. The van der Waals surface area contributed by atoms with Crippen molar-refractivity contribution in [2.75, 3.05) is 13.7 Å². The van der Waals surface area contributed by atoms with Gasteiger partial charge in [0.15, 0.2) is 0 Å². The normalized spacial score (nSPS) is 25.7. The van der Waals surface area contributed by atoms with Gasteiger partial charge in [0.25, 0.3) is 0 Å². The van der Waals surface area contributed by atoms with E-state index in [-0.39, 0.29) is 11.9 Å². The fourth-order valence-electron chi connectivity index (χ4n) is 1.78. The van der Waals surface area contributed by atoms with Gasteiger partial charge in [-0.3, -0.25) is 15.4 Å². The first-order chi connectivity index (χ1) is 7.74. The zero-order valence-corrected chi connectivity index (χ0v) is 10.7. The van der Waals surface area contributed by atoms with Crippen molar-refractivity contribution in [3.8, 4) is 0 Å². The number of nitrogens with zero attached hydrogens (tertiary/aromatic N) is 1. The van der Waals surface area contributed by atoms with Crippen LogP contribution in [0.25, 0.3) is 0 Å². The van der Waals surface area contributed by atoms with Crippen molar-refractivity contribution in [1.82, 2.24) is 5.01 Å². The van der Waals surface area contributed by atoms with E-state index in [1.807, 2.05) is 0 Å². The van der Waals surface area contributed by atoms with Crippen LogP contribution in [-0.4, -0.2) is 42.2 Å². The fraction of sp³-hybridized carbons (Fsp3) is 0.818. The molecule has 1 fully saturated rings. The minimum Gasteiger partial charge on any atom is -0.468 e. The number of rotatable bonds is 2. The van der Waals surface area contributed by atoms with E-state index in [2.05, 4.69) is 4.74 Å². The Balaban J connectivity index is 2.60. The molecule has 0 saturated carbocycles. The third-order valence-electron chi connectivity index (χ3n) is 2.55. The van der Waals surface area contributed by atoms with Crippen LogP contribution < -0.4 is 5.84 Å². The van der Waals surface area contributed by atoms with Gasteiger partial charge in [-0.25, -0.2) is 5.01 Å². The predicted octanol–water partition coefficient (Wildman–Crippen LogP) is 0.0653. The third-order valence-corrected chi connectivity index (χ3v) is 2.55. The first-order valence-corrected chi connectivity index (χ1v) is 5.56. The fourth-order valence-corrected chi connectivity index (χ4v) is 1.78. The largest absolute Gasteiger partial charge is 0.468 e. The number of hydrazine groups is 1. The maximum atomic E-state index is 11.8. The number of ether oxygens (including phenoxy) is 2. The first kappa shape index (κ1) is 13.9. The molecule has 17 heavy (non-hydrogen) atoms. The van der Waals surface area contributed by atoms with E-state index < -0.39 is 17.6 Å². The van der Waals surface area contributed by atoms with Crippen molar-refractivity contribution < 1.29 is 19.1 Å². The number of esters is 2. The molecule has 6 heteroatoms. The molecule has 2 N–H and O–H groups in total. The molecule has 0 spiro atoms. The summed E-state index contributed by atoms with van der Waals surface area (Å²) in [7, 11) is 1.30. The van der Waals surface area contributed by atoms with E-state index in [4.69, 9.17) is 10.6 Å². The first-order valence-electron chi connectivity index (χ1n) is 5.56. The number of nitrogens with two attached hydrogens (primary N) is 1. The van der Waals surface area contributed by atoms with Crippen molar-refractivity contribution in [2.24, 2.45) is 11.8 Å². The molecule has 0 bridgehead atoms. The zero-order chi connectivity index (χ0) is 13.2. The highest BCUT2D eigenvalue weighted by molar-refractivity contribution is 5.79. The molecule has 0 radical (unpaired) electrons. The van der Waals surface area contributed by atoms with E-state index in [1.54, 1.807) is 20.8 Å². The Morgan fingerprint density at radius 1 is 1.29 bits per heavy atom. The quantitative estimate of drug-likeness (QED) is 0.546. The molecule has 0 amide bonds. The molecule has 0 aliphatic carbocycles. The standard InChI is InChI=1S/C11H20N2O4/c1-11(2,3)17-9(14)7-5-8(10(15)16-4)13(12)6-7/h7-8H,5-6,12H2,1-4H3/t7-,8-/m1/s1. The molecule has 0 aromatic rings. The van der Waals surface area contributed by atoms with Gasteiger partial charge in [-0.05, 0) is 27.2 Å². The molecule has 2 atom stereocenters. The van der Waals surface area contributed by atoms with E-state index >= 15 is 0 Å². The summed E-state index contributed by atoms with van der Waals surface area (Å²) in [6.45, 7) is 5.72. The highest BCUT2D eigenvalue weighted by atomic mass is 16.6. The van der Waals surface area contributed by atoms with Gasteiger partial charge in [0, 0.05) is 6.54 Å². The van der Waals surface area contributed by atoms with Gasteiger partial charge in [0.1, 0.15) is 11.6 Å². The van der Waals surface area contributed by atoms with Crippen LogP contribution >= 0.6 is 0 Å². The summed E-state index contributed by atoms with van der Waals surface area (Å²) < 4.78 is 9.88. The molecule has 0 unspecified atom stereocenters. The van der Waals surface area contributed by atoms with Gasteiger partial charge in [0.2, 0.25) is 0 Å². The number of methoxy groups -OCH3 is 1. The Labute approximate surface area is 101 Å². The van der Waals surface area contributed by atoms with E-state index in [9.17, 15) is 9.59 Å². The van der Waals surface area contributed by atoms with Gasteiger partial charge in [-0.15, -0.1) is 0 Å². The van der Waals surface area contributed by atoms with Crippen LogP contribution in [0.5, 0.6) is 0 Å². The van der Waals surface area contributed by atoms with Crippen molar-refractivity contribution in [3.63, 3.8) is 0 Å². The molecule has 1 aliphatic heterocycles. The Kier molecular flexibility index (Phi) is 4.11. The number of hydrogen-bond donors (Lipinski definition) is 1. The Morgan fingerprint density at radius 2 is 1.88 bits per heavy atom. The minimum absolute atomic E-state index is 0.314. The topological polar surface area (TPSA) is 81.9 Å². The predicted molar refractivity (Wildman–Crippen MR) is 60.6 cm³/mol. The van der Waals surface area contributed by atoms with Crippen molar-refractivity contribution in [2.45, 2.75) is 38.8 Å². The van der Waals surface area contributed by atoms with Crippen molar-refractivity contribution in [1.29, 1.82) is 0 Å². The lowest BCUT2D eigenvalue weighted by Gasteiger charge is -2.21. The lowest BCUT2D eigenvalue weighted by Crippen LogP contribution is -2.41. The van der Waals surface area contributed by atoms with E-state index in [1.165, 1.54) is 12.1 Å².